The molecular weight excluding hydrogens is 186 g/mol. The highest BCUT2D eigenvalue weighted by Crippen LogP contribution is 2.16. The molecule has 2 aromatic carbocycles. The molecule has 0 heterocycles. The second kappa shape index (κ2) is 4.60. The zero-order chi connectivity index (χ0) is 10.5. The fraction of sp³-hybridized carbons (Fsp3) is 0.154. The molecule has 0 unspecified atom stereocenters. The van der Waals surface area contributed by atoms with Crippen molar-refractivity contribution in [2.24, 2.45) is 5.16 Å². The molecule has 2 rings (SSSR count). The zero-order valence-electron chi connectivity index (χ0n) is 8.68. The lowest BCUT2D eigenvalue weighted by Crippen LogP contribution is -1.86. The minimum Gasteiger partial charge on any atom is -0.396 e. The summed E-state index contributed by atoms with van der Waals surface area (Å²) in [5.41, 5.74) is 1.08. The van der Waals surface area contributed by atoms with E-state index in [1.165, 1.54) is 10.8 Å². The summed E-state index contributed by atoms with van der Waals surface area (Å²) in [7, 11) is 0. The van der Waals surface area contributed by atoms with E-state index < -0.39 is 0 Å². The first kappa shape index (κ1) is 9.71. The molecule has 2 nitrogen and oxygen atoms in total. The number of hydrogen-bond donors (Lipinski definition) is 0. The molecule has 0 aliphatic carbocycles. The maximum Gasteiger partial charge on any atom is 0.114 e. The lowest BCUT2D eigenvalue weighted by molar-refractivity contribution is 0.160. The average molecular weight is 199 g/mol. The summed E-state index contributed by atoms with van der Waals surface area (Å²) in [6.45, 7) is 2.52. The number of benzene rings is 2. The van der Waals surface area contributed by atoms with Crippen molar-refractivity contribution in [3.8, 4) is 0 Å². The van der Waals surface area contributed by atoms with Crippen molar-refractivity contribution in [2.45, 2.75) is 6.92 Å². The molecule has 0 radical (unpaired) electrons. The van der Waals surface area contributed by atoms with E-state index in [2.05, 4.69) is 23.4 Å². The summed E-state index contributed by atoms with van der Waals surface area (Å²) >= 11 is 0. The highest BCUT2D eigenvalue weighted by molar-refractivity contribution is 5.99. The molecule has 15 heavy (non-hydrogen) atoms. The topological polar surface area (TPSA) is 21.6 Å². The van der Waals surface area contributed by atoms with Gasteiger partial charge in [0.25, 0.3) is 0 Å². The third-order valence-electron chi connectivity index (χ3n) is 2.22. The van der Waals surface area contributed by atoms with E-state index in [9.17, 15) is 0 Å². The molecule has 0 saturated carbocycles. The smallest absolute Gasteiger partial charge is 0.114 e. The van der Waals surface area contributed by atoms with E-state index in [0.29, 0.717) is 6.61 Å². The largest absolute Gasteiger partial charge is 0.396 e. The van der Waals surface area contributed by atoms with Crippen molar-refractivity contribution in [3.05, 3.63) is 48.0 Å². The summed E-state index contributed by atoms with van der Waals surface area (Å²) in [5, 5.41) is 6.30. The van der Waals surface area contributed by atoms with E-state index in [-0.39, 0.29) is 0 Å². The highest BCUT2D eigenvalue weighted by Gasteiger charge is 1.96. The number of rotatable bonds is 3. The van der Waals surface area contributed by atoms with E-state index >= 15 is 0 Å². The molecule has 76 valence electrons. The van der Waals surface area contributed by atoms with Crippen LogP contribution < -0.4 is 0 Å². The Morgan fingerprint density at radius 3 is 2.80 bits per heavy atom. The molecule has 0 aliphatic heterocycles. The Bertz CT molecular complexity index is 471. The maximum atomic E-state index is 4.96. The van der Waals surface area contributed by atoms with Gasteiger partial charge in [-0.05, 0) is 17.7 Å². The van der Waals surface area contributed by atoms with Crippen LogP contribution in [0.25, 0.3) is 10.8 Å². The van der Waals surface area contributed by atoms with Crippen LogP contribution >= 0.6 is 0 Å². The molecule has 0 spiro atoms. The Kier molecular flexibility index (Phi) is 2.98. The second-order valence-corrected chi connectivity index (χ2v) is 3.22. The molecule has 0 atom stereocenters. The van der Waals surface area contributed by atoms with Crippen LogP contribution in [0.5, 0.6) is 0 Å². The number of hydrogen-bond acceptors (Lipinski definition) is 2. The molecule has 0 N–H and O–H groups in total. The van der Waals surface area contributed by atoms with Gasteiger partial charge >= 0.3 is 0 Å². The van der Waals surface area contributed by atoms with E-state index in [0.717, 1.165) is 5.56 Å². The van der Waals surface area contributed by atoms with Crippen LogP contribution in [0.2, 0.25) is 0 Å². The molecule has 0 saturated heterocycles. The summed E-state index contributed by atoms with van der Waals surface area (Å²) < 4.78 is 0. The van der Waals surface area contributed by atoms with Crippen LogP contribution in [0.15, 0.2) is 47.6 Å². The normalized spacial score (nSPS) is 11.0. The van der Waals surface area contributed by atoms with Gasteiger partial charge in [0, 0.05) is 5.56 Å². The Balaban J connectivity index is 2.42. The van der Waals surface area contributed by atoms with E-state index in [1.807, 2.05) is 31.2 Å². The molecule has 0 bridgehead atoms. The van der Waals surface area contributed by atoms with Crippen LogP contribution in [0.3, 0.4) is 0 Å². The number of nitrogens with zero attached hydrogens (tertiary/aromatic N) is 1. The maximum absolute atomic E-state index is 4.96. The highest BCUT2D eigenvalue weighted by atomic mass is 16.6. The number of oxime groups is 1. The van der Waals surface area contributed by atoms with Gasteiger partial charge in [-0.15, -0.1) is 0 Å². The van der Waals surface area contributed by atoms with Crippen molar-refractivity contribution < 1.29 is 4.84 Å². The molecule has 0 aromatic heterocycles. The SMILES string of the molecule is CCO/N=C\c1cccc2ccccc12. The van der Waals surface area contributed by atoms with Gasteiger partial charge in [-0.25, -0.2) is 0 Å². The van der Waals surface area contributed by atoms with Gasteiger partial charge in [0.2, 0.25) is 0 Å². The van der Waals surface area contributed by atoms with E-state index in [1.54, 1.807) is 6.21 Å². The van der Waals surface area contributed by atoms with Crippen LogP contribution in [-0.4, -0.2) is 12.8 Å². The Morgan fingerprint density at radius 2 is 1.93 bits per heavy atom. The Morgan fingerprint density at radius 1 is 1.13 bits per heavy atom. The average Bonchev–Trinajstić information content (AvgIpc) is 2.30. The van der Waals surface area contributed by atoms with Crippen LogP contribution in [0.4, 0.5) is 0 Å². The van der Waals surface area contributed by atoms with Gasteiger partial charge in [0.15, 0.2) is 0 Å². The predicted octanol–water partition coefficient (Wildman–Crippen LogP) is 3.21. The van der Waals surface area contributed by atoms with Crippen molar-refractivity contribution >= 4 is 17.0 Å². The van der Waals surface area contributed by atoms with Gasteiger partial charge in [-0.2, -0.15) is 0 Å². The number of fused-ring (bicyclic) bond motifs is 1. The fourth-order valence-corrected chi connectivity index (χ4v) is 1.53. The minimum atomic E-state index is 0.598. The summed E-state index contributed by atoms with van der Waals surface area (Å²) in [6.07, 6.45) is 1.76. The minimum absolute atomic E-state index is 0.598. The summed E-state index contributed by atoms with van der Waals surface area (Å²) in [4.78, 5) is 4.96. The molecule has 0 fully saturated rings. The molecule has 2 heteroatoms. The van der Waals surface area contributed by atoms with Gasteiger partial charge < -0.3 is 4.84 Å². The quantitative estimate of drug-likeness (QED) is 0.549. The first-order valence-electron chi connectivity index (χ1n) is 5.05. The molecule has 0 aliphatic rings. The van der Waals surface area contributed by atoms with Crippen LogP contribution in [0.1, 0.15) is 12.5 Å². The summed E-state index contributed by atoms with van der Waals surface area (Å²) in [5.74, 6) is 0. The predicted molar refractivity (Wildman–Crippen MR) is 63.2 cm³/mol. The lowest BCUT2D eigenvalue weighted by Gasteiger charge is -2.00. The first-order valence-corrected chi connectivity index (χ1v) is 5.05. The first-order chi connectivity index (χ1) is 7.42. The zero-order valence-corrected chi connectivity index (χ0v) is 8.68. The monoisotopic (exact) mass is 199 g/mol. The Hall–Kier alpha value is -1.83. The van der Waals surface area contributed by atoms with Gasteiger partial charge in [0.1, 0.15) is 6.61 Å². The second-order valence-electron chi connectivity index (χ2n) is 3.22. The third-order valence-corrected chi connectivity index (χ3v) is 2.22. The van der Waals surface area contributed by atoms with Crippen molar-refractivity contribution in [2.75, 3.05) is 6.61 Å². The van der Waals surface area contributed by atoms with Gasteiger partial charge in [-0.3, -0.25) is 0 Å². The van der Waals surface area contributed by atoms with Crippen LogP contribution in [-0.2, 0) is 4.84 Å². The summed E-state index contributed by atoms with van der Waals surface area (Å²) in [6, 6.07) is 14.4. The van der Waals surface area contributed by atoms with Crippen molar-refractivity contribution in [3.63, 3.8) is 0 Å². The van der Waals surface area contributed by atoms with E-state index in [4.69, 9.17) is 4.84 Å². The molecule has 2 aromatic rings. The molecule has 0 amide bonds. The molecular formula is C13H13NO. The van der Waals surface area contributed by atoms with Crippen LogP contribution in [0, 0.1) is 0 Å². The lowest BCUT2D eigenvalue weighted by atomic mass is 10.1. The fourth-order valence-electron chi connectivity index (χ4n) is 1.53. The van der Waals surface area contributed by atoms with Gasteiger partial charge in [-0.1, -0.05) is 47.6 Å². The van der Waals surface area contributed by atoms with Crippen molar-refractivity contribution in [1.82, 2.24) is 0 Å². The van der Waals surface area contributed by atoms with Gasteiger partial charge in [0.05, 0.1) is 6.21 Å². The Labute approximate surface area is 89.2 Å². The third kappa shape index (κ3) is 2.15. The standard InChI is InChI=1S/C13H13NO/c1-2-15-14-10-12-8-5-7-11-6-3-4-9-13(11)12/h3-10H,2H2,1H3/b14-10-. The van der Waals surface area contributed by atoms with Crippen molar-refractivity contribution in [1.29, 1.82) is 0 Å².